The van der Waals surface area contributed by atoms with Crippen molar-refractivity contribution in [1.29, 1.82) is 0 Å². The number of aromatic nitrogens is 1. The van der Waals surface area contributed by atoms with Crippen LogP contribution in [0.4, 0.5) is 17.1 Å². The fourth-order valence-electron chi connectivity index (χ4n) is 12.0. The van der Waals surface area contributed by atoms with Crippen molar-refractivity contribution in [1.82, 2.24) is 4.57 Å². The molecule has 0 saturated carbocycles. The van der Waals surface area contributed by atoms with Crippen molar-refractivity contribution in [2.24, 2.45) is 0 Å². The maximum atomic E-state index is 3.27. The van der Waals surface area contributed by atoms with Gasteiger partial charge in [-0.3, -0.25) is 0 Å². The summed E-state index contributed by atoms with van der Waals surface area (Å²) in [6.45, 7) is 14.4. The largest absolute Gasteiger partial charge is 0.310 e. The van der Waals surface area contributed by atoms with Gasteiger partial charge >= 0.3 is 0 Å². The molecule has 0 amide bonds. The number of anilines is 3. The maximum Gasteiger partial charge on any atom is 0.0631 e. The van der Waals surface area contributed by atoms with Crippen LogP contribution < -0.4 is 4.90 Å². The molecule has 0 atom stereocenters. The molecule has 0 fully saturated rings. The second-order valence-corrected chi connectivity index (χ2v) is 20.0. The number of benzene rings is 8. The molecule has 0 N–H and O–H groups in total. The third kappa shape index (κ3) is 5.24. The minimum Gasteiger partial charge on any atom is -0.310 e. The summed E-state index contributed by atoms with van der Waals surface area (Å²) in [5.74, 6) is 0. The normalized spacial score (nSPS) is 15.8. The van der Waals surface area contributed by atoms with Gasteiger partial charge in [0.1, 0.15) is 0 Å². The van der Waals surface area contributed by atoms with Gasteiger partial charge in [0.05, 0.1) is 22.6 Å². The van der Waals surface area contributed by atoms with Crippen LogP contribution in [0, 0.1) is 0 Å². The van der Waals surface area contributed by atoms with Crippen molar-refractivity contribution in [3.05, 3.63) is 226 Å². The van der Waals surface area contributed by atoms with Crippen LogP contribution in [0.25, 0.3) is 73.2 Å². The Morgan fingerprint density at radius 3 is 1.68 bits per heavy atom. The molecule has 8 aromatic carbocycles. The van der Waals surface area contributed by atoms with E-state index in [1.165, 1.54) is 111 Å². The smallest absolute Gasteiger partial charge is 0.0631 e. The van der Waals surface area contributed by atoms with Gasteiger partial charge in [-0.1, -0.05) is 162 Å². The van der Waals surface area contributed by atoms with Crippen molar-refractivity contribution >= 4 is 40.1 Å². The standard InChI is InChI=1S/C63H48N2/c1-61(2)51-21-13-10-18-45(51)47-31-30-44(36-53(47)61)65-59-33-27-42(35-55(59)63(5,6)56-37-49-46-19-11-14-22-52(46)62(3,4)54(49)38-60(56)65)41-26-32-58-50(34-41)48-20-12-15-23-57(48)64(58)43-28-24-40(25-29-43)39-16-8-7-9-17-39/h7-11,13-14,16-38H,1-6H3. The van der Waals surface area contributed by atoms with Crippen LogP contribution >= 0.6 is 0 Å². The number of hydrogen-bond donors (Lipinski definition) is 0. The Hall–Kier alpha value is -7.60. The molecular formula is C63H48N2. The molecule has 3 aliphatic carbocycles. The Morgan fingerprint density at radius 2 is 0.923 bits per heavy atom. The summed E-state index contributed by atoms with van der Waals surface area (Å²) in [7, 11) is 0. The van der Waals surface area contributed by atoms with Crippen LogP contribution in [0.5, 0.6) is 0 Å². The number of hydrogen-bond acceptors (Lipinski definition) is 1. The van der Waals surface area contributed by atoms with Gasteiger partial charge in [-0.05, 0) is 145 Å². The summed E-state index contributed by atoms with van der Waals surface area (Å²) in [5.41, 5.74) is 32.7. The fraction of sp³-hybridized carbons (Fsp3) is 0.143. The van der Waals surface area contributed by atoms with Crippen molar-refractivity contribution in [2.75, 3.05) is 4.90 Å². The summed E-state index contributed by atoms with van der Waals surface area (Å²) < 4.78 is 2.37. The lowest BCUT2D eigenvalue weighted by atomic mass is 9.71. The lowest BCUT2D eigenvalue weighted by Crippen LogP contribution is -2.31. The predicted molar refractivity (Wildman–Crippen MR) is 272 cm³/mol. The van der Waals surface area contributed by atoms with Gasteiger partial charge in [-0.25, -0.2) is 0 Å². The van der Waals surface area contributed by atoms with Crippen molar-refractivity contribution in [3.63, 3.8) is 0 Å². The first-order valence-electron chi connectivity index (χ1n) is 23.0. The van der Waals surface area contributed by atoms with Gasteiger partial charge in [-0.15, -0.1) is 0 Å². The summed E-state index contributed by atoms with van der Waals surface area (Å²) in [4.78, 5) is 2.57. The summed E-state index contributed by atoms with van der Waals surface area (Å²) in [6, 6.07) is 64.0. The van der Waals surface area contributed by atoms with Gasteiger partial charge in [0.15, 0.2) is 0 Å². The Kier molecular flexibility index (Phi) is 7.71. The first-order valence-corrected chi connectivity index (χ1v) is 23.0. The molecule has 4 aliphatic rings. The van der Waals surface area contributed by atoms with Crippen molar-refractivity contribution < 1.29 is 0 Å². The zero-order valence-electron chi connectivity index (χ0n) is 37.7. The average molecular weight is 833 g/mol. The number of rotatable bonds is 4. The molecule has 9 aromatic rings. The molecule has 2 nitrogen and oxygen atoms in total. The number of nitrogens with zero attached hydrogens (tertiary/aromatic N) is 2. The first kappa shape index (κ1) is 37.9. The highest BCUT2D eigenvalue weighted by atomic mass is 15.2. The van der Waals surface area contributed by atoms with E-state index in [1.807, 2.05) is 0 Å². The minimum absolute atomic E-state index is 0.114. The van der Waals surface area contributed by atoms with E-state index in [9.17, 15) is 0 Å². The number of fused-ring (bicyclic) bond motifs is 11. The Labute approximate surface area is 381 Å². The predicted octanol–water partition coefficient (Wildman–Crippen LogP) is 16.5. The maximum absolute atomic E-state index is 3.27. The Balaban J connectivity index is 0.979. The molecule has 310 valence electrons. The van der Waals surface area contributed by atoms with E-state index >= 15 is 0 Å². The van der Waals surface area contributed by atoms with E-state index in [-0.39, 0.29) is 16.2 Å². The zero-order chi connectivity index (χ0) is 44.0. The third-order valence-electron chi connectivity index (χ3n) is 15.5. The minimum atomic E-state index is -0.295. The highest BCUT2D eigenvalue weighted by Gasteiger charge is 2.43. The van der Waals surface area contributed by atoms with Gasteiger partial charge in [-0.2, -0.15) is 0 Å². The molecule has 0 bridgehead atoms. The van der Waals surface area contributed by atoms with Crippen LogP contribution in [0.2, 0.25) is 0 Å². The van der Waals surface area contributed by atoms with Crippen LogP contribution in [0.3, 0.4) is 0 Å². The lowest BCUT2D eigenvalue weighted by molar-refractivity contribution is 0.627. The van der Waals surface area contributed by atoms with Gasteiger partial charge < -0.3 is 9.47 Å². The highest BCUT2D eigenvalue weighted by Crippen LogP contribution is 2.59. The average Bonchev–Trinajstić information content (AvgIpc) is 3.87. The SMILES string of the molecule is CC1(C)c2ccccc2-c2ccc(N3c4ccc(-c5ccc6c(c5)c5c(n6-c6ccc(-c7ccccc7)cc6)C=C=C=C5)cc4C(C)(C)c4cc5c(cc43)C(C)(C)c3ccccc3-5)cc21. The zero-order valence-corrected chi connectivity index (χ0v) is 37.7. The quantitative estimate of drug-likeness (QED) is 0.160. The molecule has 65 heavy (non-hydrogen) atoms. The second-order valence-electron chi connectivity index (χ2n) is 20.0. The van der Waals surface area contributed by atoms with Crippen LogP contribution in [0.1, 0.15) is 86.2 Å². The molecule has 1 aromatic heterocycles. The van der Waals surface area contributed by atoms with E-state index in [4.69, 9.17) is 0 Å². The lowest BCUT2D eigenvalue weighted by Gasteiger charge is -2.43. The van der Waals surface area contributed by atoms with E-state index in [1.54, 1.807) is 0 Å². The topological polar surface area (TPSA) is 8.17 Å². The highest BCUT2D eigenvalue weighted by molar-refractivity contribution is 5.99. The van der Waals surface area contributed by atoms with Crippen LogP contribution in [0.15, 0.2) is 181 Å². The van der Waals surface area contributed by atoms with Gasteiger partial charge in [0.2, 0.25) is 0 Å². The first-order chi connectivity index (χ1) is 31.5. The van der Waals surface area contributed by atoms with Gasteiger partial charge in [0.25, 0.3) is 0 Å². The molecule has 0 radical (unpaired) electrons. The van der Waals surface area contributed by atoms with Crippen molar-refractivity contribution in [2.45, 2.75) is 57.8 Å². The third-order valence-corrected chi connectivity index (χ3v) is 15.5. The molecule has 2 heterocycles. The van der Waals surface area contributed by atoms with E-state index in [2.05, 4.69) is 244 Å². The van der Waals surface area contributed by atoms with E-state index in [0.29, 0.717) is 0 Å². The molecule has 13 rings (SSSR count). The second kappa shape index (κ2) is 13.2. The van der Waals surface area contributed by atoms with Crippen LogP contribution in [-0.2, 0) is 16.2 Å². The molecule has 1 aliphatic heterocycles. The van der Waals surface area contributed by atoms with Crippen molar-refractivity contribution in [3.8, 4) is 50.2 Å². The summed E-state index contributed by atoms with van der Waals surface area (Å²) in [5, 5.41) is 1.21. The van der Waals surface area contributed by atoms with E-state index in [0.717, 1.165) is 11.4 Å². The van der Waals surface area contributed by atoms with Crippen LogP contribution in [-0.4, -0.2) is 4.57 Å². The molecule has 0 spiro atoms. The molecular weight excluding hydrogens is 785 g/mol. The molecule has 0 saturated heterocycles. The molecule has 2 heteroatoms. The Morgan fingerprint density at radius 1 is 0.369 bits per heavy atom. The summed E-state index contributed by atoms with van der Waals surface area (Å²) in [6.07, 6.45) is 4.16. The van der Waals surface area contributed by atoms with Gasteiger partial charge in [0, 0.05) is 44.6 Å². The fourth-order valence-corrected chi connectivity index (χ4v) is 12.0. The molecule has 0 unspecified atom stereocenters. The summed E-state index contributed by atoms with van der Waals surface area (Å²) >= 11 is 0. The monoisotopic (exact) mass is 832 g/mol. The van der Waals surface area contributed by atoms with E-state index < -0.39 is 0 Å². The Bertz CT molecular complexity index is 3630.